The molecule has 0 amide bonds. The van der Waals surface area contributed by atoms with Crippen LogP contribution in [0.15, 0.2) is 24.5 Å². The standard InChI is InChI=1S/C12H14F2N4O.C7H12F3N/c1-7(2)18-4-3-9(17-18)8-5-10(19-12(13)14)11(15)16-6-8;1-6-2-3-11(4-6)5-7(8,9)10/h3-7,12H,1-2H3,(H2,15,16);6H,2-5H2,1H3. The van der Waals surface area contributed by atoms with Crippen LogP contribution in [0.4, 0.5) is 27.8 Å². The molecule has 1 aliphatic rings. The Labute approximate surface area is 171 Å². The highest BCUT2D eigenvalue weighted by atomic mass is 19.4. The monoisotopic (exact) mass is 435 g/mol. The molecule has 1 aliphatic heterocycles. The topological polar surface area (TPSA) is 69.2 Å². The molecule has 0 radical (unpaired) electrons. The van der Waals surface area contributed by atoms with E-state index in [2.05, 4.69) is 14.8 Å². The van der Waals surface area contributed by atoms with Gasteiger partial charge in [-0.05, 0) is 44.9 Å². The Balaban J connectivity index is 0.000000248. The second-order valence-corrected chi connectivity index (χ2v) is 7.50. The van der Waals surface area contributed by atoms with E-state index in [0.717, 1.165) is 6.42 Å². The molecule has 2 aromatic heterocycles. The Morgan fingerprint density at radius 1 is 1.30 bits per heavy atom. The summed E-state index contributed by atoms with van der Waals surface area (Å²) in [5.74, 6) is 0.205. The van der Waals surface area contributed by atoms with Crippen LogP contribution in [0.2, 0.25) is 0 Å². The van der Waals surface area contributed by atoms with Gasteiger partial charge in [0.25, 0.3) is 0 Å². The van der Waals surface area contributed by atoms with E-state index in [0.29, 0.717) is 30.3 Å². The smallest absolute Gasteiger partial charge is 0.401 e. The van der Waals surface area contributed by atoms with E-state index >= 15 is 0 Å². The van der Waals surface area contributed by atoms with Crippen LogP contribution in [0, 0.1) is 5.92 Å². The second-order valence-electron chi connectivity index (χ2n) is 7.50. The zero-order valence-corrected chi connectivity index (χ0v) is 17.0. The van der Waals surface area contributed by atoms with E-state index in [9.17, 15) is 22.0 Å². The highest BCUT2D eigenvalue weighted by Gasteiger charge is 2.33. The first-order valence-electron chi connectivity index (χ1n) is 9.49. The van der Waals surface area contributed by atoms with Crippen LogP contribution in [0.5, 0.6) is 5.75 Å². The number of alkyl halides is 5. The minimum Gasteiger partial charge on any atom is -0.431 e. The predicted molar refractivity (Wildman–Crippen MR) is 103 cm³/mol. The molecule has 2 N–H and O–H groups in total. The van der Waals surface area contributed by atoms with Crippen molar-refractivity contribution in [3.63, 3.8) is 0 Å². The Morgan fingerprint density at radius 3 is 2.50 bits per heavy atom. The van der Waals surface area contributed by atoms with Crippen LogP contribution in [-0.2, 0) is 0 Å². The number of hydrogen-bond donors (Lipinski definition) is 1. The third kappa shape index (κ3) is 7.43. The number of nitrogens with two attached hydrogens (primary N) is 1. The van der Waals surface area contributed by atoms with Crippen LogP contribution >= 0.6 is 0 Å². The molecule has 11 heteroatoms. The summed E-state index contributed by atoms with van der Waals surface area (Å²) in [5.41, 5.74) is 6.67. The van der Waals surface area contributed by atoms with Crippen molar-refractivity contribution in [2.24, 2.45) is 5.92 Å². The van der Waals surface area contributed by atoms with E-state index < -0.39 is 19.3 Å². The SMILES string of the molecule is CC(C)n1ccc(-c2cnc(N)c(OC(F)F)c2)n1.CC1CCN(CC(F)(F)F)C1. The molecule has 0 spiro atoms. The highest BCUT2D eigenvalue weighted by molar-refractivity contribution is 5.63. The Kier molecular flexibility index (Phi) is 7.99. The number of nitrogen functional groups attached to an aromatic ring is 1. The van der Waals surface area contributed by atoms with Gasteiger partial charge in [0, 0.05) is 30.5 Å². The fraction of sp³-hybridized carbons (Fsp3) is 0.579. The van der Waals surface area contributed by atoms with E-state index in [1.54, 1.807) is 10.7 Å². The molecular formula is C19H26F5N5O. The van der Waals surface area contributed by atoms with Crippen molar-refractivity contribution in [3.8, 4) is 17.0 Å². The molecule has 0 bridgehead atoms. The molecule has 6 nitrogen and oxygen atoms in total. The first-order valence-corrected chi connectivity index (χ1v) is 9.49. The van der Waals surface area contributed by atoms with Crippen molar-refractivity contribution >= 4 is 5.82 Å². The first-order chi connectivity index (χ1) is 13.9. The number of anilines is 1. The van der Waals surface area contributed by atoms with Crippen molar-refractivity contribution in [3.05, 3.63) is 24.5 Å². The number of pyridine rings is 1. The summed E-state index contributed by atoms with van der Waals surface area (Å²) in [6, 6.07) is 3.40. The van der Waals surface area contributed by atoms with Crippen molar-refractivity contribution in [1.82, 2.24) is 19.7 Å². The quantitative estimate of drug-likeness (QED) is 0.696. The van der Waals surface area contributed by atoms with Crippen LogP contribution in [0.25, 0.3) is 11.3 Å². The summed E-state index contributed by atoms with van der Waals surface area (Å²) in [4.78, 5) is 5.30. The van der Waals surface area contributed by atoms with Crippen LogP contribution in [0.1, 0.15) is 33.2 Å². The Morgan fingerprint density at radius 2 is 2.00 bits per heavy atom. The molecule has 168 valence electrons. The molecule has 30 heavy (non-hydrogen) atoms. The number of hydrogen-bond acceptors (Lipinski definition) is 5. The van der Waals surface area contributed by atoms with Gasteiger partial charge < -0.3 is 10.5 Å². The van der Waals surface area contributed by atoms with Gasteiger partial charge in [-0.2, -0.15) is 27.1 Å². The maximum absolute atomic E-state index is 12.2. The molecule has 3 heterocycles. The van der Waals surface area contributed by atoms with Gasteiger partial charge in [-0.3, -0.25) is 9.58 Å². The lowest BCUT2D eigenvalue weighted by Gasteiger charge is -2.16. The lowest BCUT2D eigenvalue weighted by molar-refractivity contribution is -0.143. The van der Waals surface area contributed by atoms with Gasteiger partial charge in [-0.1, -0.05) is 6.92 Å². The maximum atomic E-state index is 12.2. The van der Waals surface area contributed by atoms with Crippen molar-refractivity contribution in [2.75, 3.05) is 25.4 Å². The maximum Gasteiger partial charge on any atom is 0.401 e. The molecule has 0 saturated carbocycles. The number of aromatic nitrogens is 3. The molecule has 1 fully saturated rings. The minimum absolute atomic E-state index is 0.0765. The average molecular weight is 435 g/mol. The van der Waals surface area contributed by atoms with Crippen LogP contribution < -0.4 is 10.5 Å². The Bertz CT molecular complexity index is 809. The van der Waals surface area contributed by atoms with E-state index in [1.807, 2.05) is 27.0 Å². The van der Waals surface area contributed by atoms with Gasteiger partial charge in [0.05, 0.1) is 12.2 Å². The zero-order chi connectivity index (χ0) is 22.5. The number of ether oxygens (including phenoxy) is 1. The summed E-state index contributed by atoms with van der Waals surface area (Å²) >= 11 is 0. The van der Waals surface area contributed by atoms with Gasteiger partial charge in [0.1, 0.15) is 0 Å². The molecule has 0 aliphatic carbocycles. The number of nitrogens with zero attached hydrogens (tertiary/aromatic N) is 4. The first kappa shape index (κ1) is 23.8. The van der Waals surface area contributed by atoms with Gasteiger partial charge >= 0.3 is 12.8 Å². The van der Waals surface area contributed by atoms with E-state index in [1.165, 1.54) is 17.2 Å². The summed E-state index contributed by atoms with van der Waals surface area (Å²) < 4.78 is 65.9. The fourth-order valence-corrected chi connectivity index (χ4v) is 2.99. The molecule has 0 aromatic carbocycles. The fourth-order valence-electron chi connectivity index (χ4n) is 2.99. The average Bonchev–Trinajstić information content (AvgIpc) is 3.25. The third-order valence-corrected chi connectivity index (χ3v) is 4.44. The van der Waals surface area contributed by atoms with Crippen molar-refractivity contribution in [1.29, 1.82) is 0 Å². The van der Waals surface area contributed by atoms with Crippen molar-refractivity contribution in [2.45, 2.75) is 46.0 Å². The lowest BCUT2D eigenvalue weighted by atomic mass is 10.2. The summed E-state index contributed by atoms with van der Waals surface area (Å²) in [5, 5.41) is 4.32. The number of likely N-dealkylation sites (tertiary alicyclic amines) is 1. The summed E-state index contributed by atoms with van der Waals surface area (Å²) in [6.45, 7) is 3.48. The summed E-state index contributed by atoms with van der Waals surface area (Å²) in [6.07, 6.45) is 0.158. The number of halogens is 5. The van der Waals surface area contributed by atoms with Gasteiger partial charge in [0.15, 0.2) is 11.6 Å². The van der Waals surface area contributed by atoms with Crippen LogP contribution in [-0.4, -0.2) is 52.1 Å². The molecule has 1 atom stereocenters. The normalized spacial score (nSPS) is 17.3. The third-order valence-electron chi connectivity index (χ3n) is 4.44. The minimum atomic E-state index is -4.02. The molecular weight excluding hydrogens is 409 g/mol. The van der Waals surface area contributed by atoms with Crippen molar-refractivity contribution < 1.29 is 26.7 Å². The largest absolute Gasteiger partial charge is 0.431 e. The number of rotatable bonds is 5. The second kappa shape index (κ2) is 10.1. The van der Waals surface area contributed by atoms with Crippen LogP contribution in [0.3, 0.4) is 0 Å². The predicted octanol–water partition coefficient (Wildman–Crippen LogP) is 4.60. The molecule has 2 aromatic rings. The molecule has 1 unspecified atom stereocenters. The van der Waals surface area contributed by atoms with E-state index in [4.69, 9.17) is 5.73 Å². The van der Waals surface area contributed by atoms with E-state index in [-0.39, 0.29) is 17.6 Å². The van der Waals surface area contributed by atoms with Gasteiger partial charge in [0.2, 0.25) is 0 Å². The Hall–Kier alpha value is -2.43. The zero-order valence-electron chi connectivity index (χ0n) is 17.0. The van der Waals surface area contributed by atoms with Gasteiger partial charge in [-0.15, -0.1) is 0 Å². The molecule has 3 rings (SSSR count). The van der Waals surface area contributed by atoms with Gasteiger partial charge in [-0.25, -0.2) is 4.98 Å². The highest BCUT2D eigenvalue weighted by Crippen LogP contribution is 2.27. The summed E-state index contributed by atoms with van der Waals surface area (Å²) in [7, 11) is 0. The molecule has 1 saturated heterocycles. The lowest BCUT2D eigenvalue weighted by Crippen LogP contribution is -2.32.